The van der Waals surface area contributed by atoms with Gasteiger partial charge in [-0.25, -0.2) is 22.6 Å². The Hall–Kier alpha value is -2.32. The molecule has 18 heavy (non-hydrogen) atoms. The Labute approximate surface area is 99.0 Å². The van der Waals surface area contributed by atoms with Gasteiger partial charge in [0.15, 0.2) is 29.2 Å². The number of nitrogens with zero attached hydrogens (tertiary/aromatic N) is 2. The molecule has 0 saturated carbocycles. The zero-order valence-corrected chi connectivity index (χ0v) is 9.14. The zero-order valence-electron chi connectivity index (χ0n) is 9.14. The van der Waals surface area contributed by atoms with Gasteiger partial charge in [0, 0.05) is 5.56 Å². The molecule has 0 atom stereocenters. The fraction of sp³-hybridized carbons (Fsp3) is 0.111. The molecule has 0 bridgehead atoms. The summed E-state index contributed by atoms with van der Waals surface area (Å²) in [5, 5.41) is 0. The van der Waals surface area contributed by atoms with Crippen LogP contribution in [-0.4, -0.2) is 11.9 Å². The Bertz CT molecular complexity index is 519. The highest BCUT2D eigenvalue weighted by Crippen LogP contribution is 2.29. The first-order chi connectivity index (χ1) is 8.25. The van der Waals surface area contributed by atoms with Crippen LogP contribution >= 0.6 is 0 Å². The highest BCUT2D eigenvalue weighted by atomic mass is 19.2. The van der Waals surface area contributed by atoms with E-state index < -0.39 is 46.4 Å². The molecule has 1 aromatic rings. The van der Waals surface area contributed by atoms with Gasteiger partial charge in [0.05, 0.1) is 0 Å². The molecule has 0 amide bonds. The lowest BCUT2D eigenvalue weighted by atomic mass is 10.1. The Balaban J connectivity index is 3.48. The predicted molar refractivity (Wildman–Crippen MR) is 58.1 cm³/mol. The lowest BCUT2D eigenvalue weighted by Crippen LogP contribution is -2.26. The van der Waals surface area contributed by atoms with E-state index in [0.717, 1.165) is 6.92 Å². The van der Waals surface area contributed by atoms with Crippen LogP contribution in [0.4, 0.5) is 23.2 Å². The van der Waals surface area contributed by atoms with Crippen molar-refractivity contribution < 1.29 is 17.6 Å². The van der Waals surface area contributed by atoms with Gasteiger partial charge in [-0.1, -0.05) is 0 Å². The molecule has 0 aromatic heterocycles. The number of hydrogen-bond acceptors (Lipinski definition) is 1. The summed E-state index contributed by atoms with van der Waals surface area (Å²) in [6, 6.07) is 0. The van der Waals surface area contributed by atoms with Gasteiger partial charge in [-0.05, 0) is 6.92 Å². The molecule has 0 fully saturated rings. The van der Waals surface area contributed by atoms with Gasteiger partial charge in [0.1, 0.15) is 5.69 Å². The van der Waals surface area contributed by atoms with E-state index in [4.69, 9.17) is 17.2 Å². The summed E-state index contributed by atoms with van der Waals surface area (Å²) in [5.41, 5.74) is 13.2. The maximum atomic E-state index is 13.5. The second-order valence-corrected chi connectivity index (χ2v) is 3.24. The Morgan fingerprint density at radius 2 is 1.44 bits per heavy atom. The van der Waals surface area contributed by atoms with E-state index in [9.17, 15) is 17.6 Å². The van der Waals surface area contributed by atoms with Gasteiger partial charge in [0.2, 0.25) is 5.96 Å². The van der Waals surface area contributed by atoms with E-state index in [1.54, 1.807) is 0 Å². The van der Waals surface area contributed by atoms with Gasteiger partial charge < -0.3 is 17.2 Å². The van der Waals surface area contributed by atoms with Crippen LogP contribution in [0.2, 0.25) is 0 Å². The normalized spacial score (nSPS) is 11.5. The maximum Gasteiger partial charge on any atom is 0.223 e. The van der Waals surface area contributed by atoms with Crippen LogP contribution < -0.4 is 17.2 Å². The van der Waals surface area contributed by atoms with Crippen LogP contribution in [0.1, 0.15) is 5.56 Å². The Morgan fingerprint density at radius 1 is 0.889 bits per heavy atom. The average molecular weight is 263 g/mol. The molecule has 0 spiro atoms. The van der Waals surface area contributed by atoms with Crippen LogP contribution in [0.25, 0.3) is 0 Å². The van der Waals surface area contributed by atoms with E-state index in [1.165, 1.54) is 0 Å². The summed E-state index contributed by atoms with van der Waals surface area (Å²) in [6.07, 6.45) is 0. The minimum atomic E-state index is -1.86. The zero-order chi connectivity index (χ0) is 14.0. The maximum absolute atomic E-state index is 13.5. The summed E-state index contributed by atoms with van der Waals surface area (Å²) >= 11 is 0. The third-order valence-corrected chi connectivity index (χ3v) is 1.93. The molecule has 0 heterocycles. The number of guanidine groups is 2. The van der Waals surface area contributed by atoms with E-state index in [2.05, 4.69) is 9.98 Å². The molecule has 1 aromatic carbocycles. The van der Waals surface area contributed by atoms with Gasteiger partial charge >= 0.3 is 0 Å². The molecule has 5 nitrogen and oxygen atoms in total. The van der Waals surface area contributed by atoms with Gasteiger partial charge in [-0.15, -0.1) is 0 Å². The number of rotatable bonds is 1. The summed E-state index contributed by atoms with van der Waals surface area (Å²) in [4.78, 5) is 6.34. The molecule has 9 heteroatoms. The lowest BCUT2D eigenvalue weighted by Gasteiger charge is -2.06. The standard InChI is InChI=1S/C9H9F4N5/c1-2-3(10)5(12)6(13)7(4(2)11)17-9(16)18-8(14)15/h1H3,(H6,14,15,16,17,18). The fourth-order valence-electron chi connectivity index (χ4n) is 1.11. The average Bonchev–Trinajstić information content (AvgIpc) is 2.29. The topological polar surface area (TPSA) is 103 Å². The summed E-state index contributed by atoms with van der Waals surface area (Å²) in [7, 11) is 0. The fourth-order valence-corrected chi connectivity index (χ4v) is 1.11. The van der Waals surface area contributed by atoms with Gasteiger partial charge in [0.25, 0.3) is 0 Å². The molecule has 0 aliphatic heterocycles. The van der Waals surface area contributed by atoms with E-state index in [0.29, 0.717) is 0 Å². The molecule has 98 valence electrons. The van der Waals surface area contributed by atoms with E-state index >= 15 is 0 Å². The molecule has 0 radical (unpaired) electrons. The molecular weight excluding hydrogens is 254 g/mol. The summed E-state index contributed by atoms with van der Waals surface area (Å²) < 4.78 is 52.8. The molecule has 1 rings (SSSR count). The van der Waals surface area contributed by atoms with Crippen molar-refractivity contribution in [2.45, 2.75) is 6.92 Å². The van der Waals surface area contributed by atoms with Crippen LogP contribution in [0.5, 0.6) is 0 Å². The van der Waals surface area contributed by atoms with Crippen molar-refractivity contribution in [3.05, 3.63) is 28.8 Å². The molecule has 0 aliphatic rings. The monoisotopic (exact) mass is 263 g/mol. The number of hydrogen-bond donors (Lipinski definition) is 3. The number of nitrogens with two attached hydrogens (primary N) is 3. The number of halogens is 4. The second-order valence-electron chi connectivity index (χ2n) is 3.24. The first kappa shape index (κ1) is 13.7. The van der Waals surface area contributed by atoms with Crippen molar-refractivity contribution in [2.24, 2.45) is 27.2 Å². The first-order valence-electron chi connectivity index (χ1n) is 4.52. The SMILES string of the molecule is Cc1c(F)c(F)c(F)c(N=C(N)N=C(N)N)c1F. The Morgan fingerprint density at radius 3 is 1.94 bits per heavy atom. The number of aliphatic imine (C=N–C) groups is 2. The highest BCUT2D eigenvalue weighted by Gasteiger charge is 2.23. The first-order valence-corrected chi connectivity index (χ1v) is 4.52. The molecule has 0 unspecified atom stereocenters. The minimum Gasteiger partial charge on any atom is -0.370 e. The lowest BCUT2D eigenvalue weighted by molar-refractivity contribution is 0.431. The quantitative estimate of drug-likeness (QED) is 0.229. The van der Waals surface area contributed by atoms with Crippen molar-refractivity contribution in [1.29, 1.82) is 0 Å². The third kappa shape index (κ3) is 2.50. The number of benzene rings is 1. The molecular formula is C9H9F4N5. The van der Waals surface area contributed by atoms with Crippen molar-refractivity contribution in [2.75, 3.05) is 0 Å². The minimum absolute atomic E-state index is 0.503. The van der Waals surface area contributed by atoms with Crippen LogP contribution in [0, 0.1) is 30.2 Å². The van der Waals surface area contributed by atoms with E-state index in [-0.39, 0.29) is 0 Å². The van der Waals surface area contributed by atoms with Crippen molar-refractivity contribution in [1.82, 2.24) is 0 Å². The van der Waals surface area contributed by atoms with E-state index in [1.807, 2.05) is 0 Å². The predicted octanol–water partition coefficient (Wildman–Crippen LogP) is 0.771. The van der Waals surface area contributed by atoms with Gasteiger partial charge in [-0.3, -0.25) is 0 Å². The van der Waals surface area contributed by atoms with Crippen LogP contribution in [0.15, 0.2) is 9.98 Å². The summed E-state index contributed by atoms with van der Waals surface area (Å²) in [5.74, 6) is -7.89. The molecule has 0 aliphatic carbocycles. The largest absolute Gasteiger partial charge is 0.370 e. The van der Waals surface area contributed by atoms with Crippen molar-refractivity contribution in [3.63, 3.8) is 0 Å². The van der Waals surface area contributed by atoms with Crippen LogP contribution in [0.3, 0.4) is 0 Å². The van der Waals surface area contributed by atoms with Gasteiger partial charge in [-0.2, -0.15) is 4.99 Å². The third-order valence-electron chi connectivity index (χ3n) is 1.93. The molecule has 0 saturated heterocycles. The Kier molecular flexibility index (Phi) is 3.74. The summed E-state index contributed by atoms with van der Waals surface area (Å²) in [6.45, 7) is 0.920. The smallest absolute Gasteiger partial charge is 0.223 e. The van der Waals surface area contributed by atoms with Crippen molar-refractivity contribution >= 4 is 17.6 Å². The van der Waals surface area contributed by atoms with Crippen molar-refractivity contribution in [3.8, 4) is 0 Å². The highest BCUT2D eigenvalue weighted by molar-refractivity contribution is 5.93. The molecule has 6 N–H and O–H groups in total. The van der Waals surface area contributed by atoms with Crippen LogP contribution in [-0.2, 0) is 0 Å². The second kappa shape index (κ2) is 4.90.